The first-order valence-corrected chi connectivity index (χ1v) is 8.61. The number of benzene rings is 1. The molecule has 134 valence electrons. The van der Waals surface area contributed by atoms with Crippen LogP contribution in [-0.2, 0) is 13.0 Å². The van der Waals surface area contributed by atoms with Crippen molar-refractivity contribution in [2.75, 3.05) is 18.6 Å². The highest BCUT2D eigenvalue weighted by atomic mass is 19.1. The number of aromatic amines is 1. The van der Waals surface area contributed by atoms with Crippen LogP contribution in [0.3, 0.4) is 0 Å². The van der Waals surface area contributed by atoms with Gasteiger partial charge in [-0.15, -0.1) is 0 Å². The molecular weight excluding hydrogens is 333 g/mol. The number of H-pyrrole nitrogens is 1. The quantitative estimate of drug-likeness (QED) is 0.781. The summed E-state index contributed by atoms with van der Waals surface area (Å²) in [4.78, 5) is 17.9. The zero-order valence-corrected chi connectivity index (χ0v) is 14.7. The highest BCUT2D eigenvalue weighted by Gasteiger charge is 2.31. The summed E-state index contributed by atoms with van der Waals surface area (Å²) in [6.07, 6.45) is 3.66. The van der Waals surface area contributed by atoms with Crippen LogP contribution in [0.15, 0.2) is 36.9 Å². The molecule has 1 unspecified atom stereocenters. The second-order valence-electron chi connectivity index (χ2n) is 6.28. The monoisotopic (exact) mass is 353 g/mol. The molecule has 1 atom stereocenters. The Labute approximate surface area is 151 Å². The molecule has 0 bridgehead atoms. The van der Waals surface area contributed by atoms with Crippen LogP contribution in [0.5, 0.6) is 5.75 Å². The van der Waals surface area contributed by atoms with E-state index in [4.69, 9.17) is 4.74 Å². The second kappa shape index (κ2) is 6.74. The van der Waals surface area contributed by atoms with Gasteiger partial charge in [0.1, 0.15) is 12.1 Å². The summed E-state index contributed by atoms with van der Waals surface area (Å²) in [5.41, 5.74) is 3.52. The number of hydrogen-bond donors (Lipinski definition) is 1. The van der Waals surface area contributed by atoms with Crippen LogP contribution in [0.4, 0.5) is 10.2 Å². The molecule has 6 nitrogen and oxygen atoms in total. The molecule has 7 heteroatoms. The lowest BCUT2D eigenvalue weighted by Crippen LogP contribution is -2.35. The largest absolute Gasteiger partial charge is 0.497 e. The molecule has 2 aromatic heterocycles. The lowest BCUT2D eigenvalue weighted by atomic mass is 9.91. The van der Waals surface area contributed by atoms with E-state index in [1.165, 1.54) is 6.33 Å². The van der Waals surface area contributed by atoms with Gasteiger partial charge in [-0.2, -0.15) is 0 Å². The van der Waals surface area contributed by atoms with Crippen molar-refractivity contribution in [3.05, 3.63) is 65.4 Å². The van der Waals surface area contributed by atoms with Gasteiger partial charge in [0, 0.05) is 12.5 Å². The minimum absolute atomic E-state index is 0.0235. The van der Waals surface area contributed by atoms with Gasteiger partial charge in [-0.05, 0) is 24.1 Å². The van der Waals surface area contributed by atoms with Crippen molar-refractivity contribution in [1.82, 2.24) is 19.9 Å². The predicted molar refractivity (Wildman–Crippen MR) is 95.8 cm³/mol. The molecule has 1 aromatic carbocycles. The van der Waals surface area contributed by atoms with Crippen LogP contribution in [0, 0.1) is 5.82 Å². The summed E-state index contributed by atoms with van der Waals surface area (Å²) >= 11 is 0. The minimum atomic E-state index is -0.341. The summed E-state index contributed by atoms with van der Waals surface area (Å²) < 4.78 is 20.0. The number of aromatic nitrogens is 4. The number of ether oxygens (including phenoxy) is 1. The Bertz CT molecular complexity index is 909. The fourth-order valence-corrected chi connectivity index (χ4v) is 3.44. The van der Waals surface area contributed by atoms with Crippen molar-refractivity contribution in [1.29, 1.82) is 0 Å². The zero-order valence-electron chi connectivity index (χ0n) is 14.7. The Morgan fingerprint density at radius 3 is 2.77 bits per heavy atom. The van der Waals surface area contributed by atoms with Crippen LogP contribution in [0.25, 0.3) is 0 Å². The normalized spacial score (nSPS) is 16.4. The summed E-state index contributed by atoms with van der Waals surface area (Å²) in [6.45, 7) is 3.03. The predicted octanol–water partition coefficient (Wildman–Crippen LogP) is 3.06. The van der Waals surface area contributed by atoms with Gasteiger partial charge in [0.25, 0.3) is 0 Å². The molecule has 0 radical (unpaired) electrons. The first kappa shape index (κ1) is 16.5. The zero-order chi connectivity index (χ0) is 18.1. The number of imidazole rings is 1. The highest BCUT2D eigenvalue weighted by molar-refractivity contribution is 5.47. The lowest BCUT2D eigenvalue weighted by Gasteiger charge is -2.33. The van der Waals surface area contributed by atoms with Gasteiger partial charge in [-0.1, -0.05) is 19.1 Å². The molecule has 0 spiro atoms. The van der Waals surface area contributed by atoms with Crippen molar-refractivity contribution in [2.24, 2.45) is 0 Å². The molecule has 1 aliphatic heterocycles. The third-order valence-electron chi connectivity index (χ3n) is 4.83. The maximum Gasteiger partial charge on any atom is 0.187 e. The van der Waals surface area contributed by atoms with Gasteiger partial charge in [0.05, 0.1) is 37.1 Å². The van der Waals surface area contributed by atoms with Crippen LogP contribution >= 0.6 is 0 Å². The van der Waals surface area contributed by atoms with Gasteiger partial charge in [-0.25, -0.2) is 19.3 Å². The van der Waals surface area contributed by atoms with E-state index in [2.05, 4.69) is 19.9 Å². The minimum Gasteiger partial charge on any atom is -0.497 e. The third-order valence-corrected chi connectivity index (χ3v) is 4.83. The topological polar surface area (TPSA) is 66.9 Å². The molecule has 0 aliphatic carbocycles. The van der Waals surface area contributed by atoms with Crippen molar-refractivity contribution in [3.8, 4) is 5.75 Å². The fourth-order valence-electron chi connectivity index (χ4n) is 3.44. The van der Waals surface area contributed by atoms with Crippen LogP contribution in [0.2, 0.25) is 0 Å². The van der Waals surface area contributed by atoms with Gasteiger partial charge < -0.3 is 14.6 Å². The Balaban J connectivity index is 1.72. The molecule has 4 rings (SSSR count). The van der Waals surface area contributed by atoms with E-state index >= 15 is 0 Å². The number of aryl methyl sites for hydroxylation is 1. The number of fused-ring (bicyclic) bond motifs is 1. The van der Waals surface area contributed by atoms with E-state index in [0.717, 1.165) is 22.7 Å². The maximum atomic E-state index is 14.8. The SMILES string of the molecule is CCc1ncnc(N2Cc3[nH]cnc3C(c3ccc(OC)cc3)C2)c1F. The Morgan fingerprint density at radius 2 is 2.04 bits per heavy atom. The molecule has 0 amide bonds. The molecule has 1 aliphatic rings. The molecule has 26 heavy (non-hydrogen) atoms. The molecule has 0 fully saturated rings. The maximum absolute atomic E-state index is 14.8. The lowest BCUT2D eigenvalue weighted by molar-refractivity contribution is 0.414. The van der Waals surface area contributed by atoms with Crippen LogP contribution < -0.4 is 9.64 Å². The van der Waals surface area contributed by atoms with Crippen molar-refractivity contribution in [2.45, 2.75) is 25.8 Å². The number of nitrogens with one attached hydrogen (secondary N) is 1. The highest BCUT2D eigenvalue weighted by Crippen LogP contribution is 2.34. The van der Waals surface area contributed by atoms with Crippen molar-refractivity contribution >= 4 is 5.82 Å². The fraction of sp³-hybridized carbons (Fsp3) is 0.316. The van der Waals surface area contributed by atoms with E-state index in [1.807, 2.05) is 36.1 Å². The summed E-state index contributed by atoms with van der Waals surface area (Å²) in [7, 11) is 1.65. The molecule has 0 saturated heterocycles. The van der Waals surface area contributed by atoms with Gasteiger partial charge in [0.15, 0.2) is 11.6 Å². The van der Waals surface area contributed by atoms with Crippen molar-refractivity contribution < 1.29 is 9.13 Å². The van der Waals surface area contributed by atoms with Crippen molar-refractivity contribution in [3.63, 3.8) is 0 Å². The van der Waals surface area contributed by atoms with E-state index in [0.29, 0.717) is 31.0 Å². The molecule has 3 heterocycles. The second-order valence-corrected chi connectivity index (χ2v) is 6.28. The first-order valence-electron chi connectivity index (χ1n) is 8.61. The smallest absolute Gasteiger partial charge is 0.187 e. The van der Waals surface area contributed by atoms with Gasteiger partial charge in [0.2, 0.25) is 0 Å². The molecule has 3 aromatic rings. The van der Waals surface area contributed by atoms with Gasteiger partial charge in [-0.3, -0.25) is 0 Å². The molecular formula is C19H20FN5O. The van der Waals surface area contributed by atoms with E-state index < -0.39 is 0 Å². The van der Waals surface area contributed by atoms with E-state index in [9.17, 15) is 4.39 Å². The van der Waals surface area contributed by atoms with E-state index in [1.54, 1.807) is 13.4 Å². The molecule has 0 saturated carbocycles. The Hall–Kier alpha value is -2.96. The van der Waals surface area contributed by atoms with Gasteiger partial charge >= 0.3 is 0 Å². The average molecular weight is 353 g/mol. The third kappa shape index (κ3) is 2.79. The van der Waals surface area contributed by atoms with Crippen LogP contribution in [0.1, 0.15) is 35.5 Å². The van der Waals surface area contributed by atoms with Crippen LogP contribution in [-0.4, -0.2) is 33.6 Å². The summed E-state index contributed by atoms with van der Waals surface area (Å²) in [5, 5.41) is 0. The Kier molecular flexibility index (Phi) is 4.28. The first-order chi connectivity index (χ1) is 12.7. The summed E-state index contributed by atoms with van der Waals surface area (Å²) in [6, 6.07) is 7.92. The number of methoxy groups -OCH3 is 1. The number of hydrogen-bond acceptors (Lipinski definition) is 5. The number of nitrogens with zero attached hydrogens (tertiary/aromatic N) is 4. The summed E-state index contributed by atoms with van der Waals surface area (Å²) in [5.74, 6) is 0.829. The number of rotatable bonds is 4. The Morgan fingerprint density at radius 1 is 1.23 bits per heavy atom. The number of anilines is 1. The standard InChI is InChI=1S/C19H20FN5O/c1-3-15-17(20)19(24-11-21-15)25-8-14(18-16(9-25)22-10-23-18)12-4-6-13(26-2)7-5-12/h4-7,10-11,14H,3,8-9H2,1-2H3,(H,22,23). The molecule has 1 N–H and O–H groups in total. The number of halogens is 1. The van der Waals surface area contributed by atoms with E-state index in [-0.39, 0.29) is 11.7 Å². The average Bonchev–Trinajstić information content (AvgIpc) is 3.16.